The Morgan fingerprint density at radius 2 is 1.35 bits per heavy atom. The summed E-state index contributed by atoms with van der Waals surface area (Å²) in [5.74, 6) is 0.385. The standard InChI is InChI=1S/C28H36N4O2/c1-22(33)23-5-7-24(8-6-23)25-9-11-27(12-10-25)30-15-13-29(14-16-30)21-28(34)32-19-17-31(18-20-32)26-3-2-4-26/h5-12,26H,2-4,13-21H2,1H3. The second-order valence-corrected chi connectivity index (χ2v) is 9.95. The summed E-state index contributed by atoms with van der Waals surface area (Å²) in [6.45, 7) is 9.72. The number of anilines is 1. The van der Waals surface area contributed by atoms with Crippen molar-refractivity contribution in [2.45, 2.75) is 32.2 Å². The second kappa shape index (κ2) is 10.3. The zero-order chi connectivity index (χ0) is 23.5. The molecule has 0 aromatic heterocycles. The zero-order valence-electron chi connectivity index (χ0n) is 20.3. The number of benzene rings is 2. The Kier molecular flexibility index (Phi) is 6.97. The Bertz CT molecular complexity index is 984. The first-order valence-electron chi connectivity index (χ1n) is 12.8. The molecular weight excluding hydrogens is 424 g/mol. The molecule has 2 aromatic rings. The van der Waals surface area contributed by atoms with Gasteiger partial charge in [-0.25, -0.2) is 0 Å². The molecule has 0 bridgehead atoms. The summed E-state index contributed by atoms with van der Waals surface area (Å²) >= 11 is 0. The van der Waals surface area contributed by atoms with Crippen molar-refractivity contribution >= 4 is 17.4 Å². The molecule has 5 rings (SSSR count). The van der Waals surface area contributed by atoms with E-state index in [0.717, 1.165) is 75.1 Å². The van der Waals surface area contributed by atoms with Crippen molar-refractivity contribution < 1.29 is 9.59 Å². The first-order valence-corrected chi connectivity index (χ1v) is 12.8. The van der Waals surface area contributed by atoms with Crippen molar-refractivity contribution in [1.29, 1.82) is 0 Å². The molecular formula is C28H36N4O2. The SMILES string of the molecule is CC(=O)c1ccc(-c2ccc(N3CCN(CC(=O)N4CCN(C5CCC5)CC4)CC3)cc2)cc1. The van der Waals surface area contributed by atoms with Crippen LogP contribution in [-0.2, 0) is 4.79 Å². The molecule has 0 unspecified atom stereocenters. The van der Waals surface area contributed by atoms with Crippen LogP contribution in [0.5, 0.6) is 0 Å². The quantitative estimate of drug-likeness (QED) is 0.619. The molecule has 3 aliphatic rings. The molecule has 34 heavy (non-hydrogen) atoms. The van der Waals surface area contributed by atoms with E-state index in [4.69, 9.17) is 0 Å². The second-order valence-electron chi connectivity index (χ2n) is 9.95. The average Bonchev–Trinajstić information content (AvgIpc) is 2.84. The number of amides is 1. The minimum absolute atomic E-state index is 0.0919. The number of Topliss-reactive ketones (excluding diaryl/α,β-unsaturated/α-hetero) is 1. The van der Waals surface area contributed by atoms with Crippen LogP contribution in [0.15, 0.2) is 48.5 Å². The number of ketones is 1. The van der Waals surface area contributed by atoms with Gasteiger partial charge in [0.25, 0.3) is 0 Å². The van der Waals surface area contributed by atoms with Crippen LogP contribution in [0.3, 0.4) is 0 Å². The molecule has 2 aromatic carbocycles. The third-order valence-electron chi connectivity index (χ3n) is 7.85. The van der Waals surface area contributed by atoms with Crippen molar-refractivity contribution in [3.63, 3.8) is 0 Å². The maximum absolute atomic E-state index is 12.8. The fourth-order valence-electron chi connectivity index (χ4n) is 5.31. The summed E-state index contributed by atoms with van der Waals surface area (Å²) in [6, 6.07) is 17.2. The molecule has 2 aliphatic heterocycles. The molecule has 3 fully saturated rings. The molecule has 180 valence electrons. The zero-order valence-corrected chi connectivity index (χ0v) is 20.3. The van der Waals surface area contributed by atoms with E-state index < -0.39 is 0 Å². The lowest BCUT2D eigenvalue weighted by Gasteiger charge is -2.43. The van der Waals surface area contributed by atoms with Crippen molar-refractivity contribution in [3.8, 4) is 11.1 Å². The van der Waals surface area contributed by atoms with Gasteiger partial charge < -0.3 is 9.80 Å². The Labute approximate surface area is 203 Å². The molecule has 2 saturated heterocycles. The van der Waals surface area contributed by atoms with E-state index in [1.54, 1.807) is 6.92 Å². The topological polar surface area (TPSA) is 47.1 Å². The van der Waals surface area contributed by atoms with Gasteiger partial charge in [-0.05, 0) is 43.0 Å². The van der Waals surface area contributed by atoms with Crippen molar-refractivity contribution in [2.75, 3.05) is 63.8 Å². The highest BCUT2D eigenvalue weighted by molar-refractivity contribution is 5.94. The number of hydrogen-bond acceptors (Lipinski definition) is 5. The van der Waals surface area contributed by atoms with E-state index in [9.17, 15) is 9.59 Å². The Morgan fingerprint density at radius 1 is 0.765 bits per heavy atom. The molecule has 6 heteroatoms. The van der Waals surface area contributed by atoms with E-state index in [0.29, 0.717) is 12.5 Å². The smallest absolute Gasteiger partial charge is 0.236 e. The number of nitrogens with zero attached hydrogens (tertiary/aromatic N) is 4. The van der Waals surface area contributed by atoms with Crippen LogP contribution < -0.4 is 4.90 Å². The minimum atomic E-state index is 0.0919. The monoisotopic (exact) mass is 460 g/mol. The first-order chi connectivity index (χ1) is 16.6. The minimum Gasteiger partial charge on any atom is -0.369 e. The number of carbonyl (C=O) groups excluding carboxylic acids is 2. The summed E-state index contributed by atoms with van der Waals surface area (Å²) < 4.78 is 0. The molecule has 0 radical (unpaired) electrons. The molecule has 0 spiro atoms. The average molecular weight is 461 g/mol. The third-order valence-corrected chi connectivity index (χ3v) is 7.85. The summed E-state index contributed by atoms with van der Waals surface area (Å²) in [5, 5.41) is 0. The van der Waals surface area contributed by atoms with E-state index in [-0.39, 0.29) is 5.78 Å². The molecule has 1 saturated carbocycles. The van der Waals surface area contributed by atoms with E-state index in [1.165, 1.54) is 24.9 Å². The predicted molar refractivity (Wildman–Crippen MR) is 136 cm³/mol. The van der Waals surface area contributed by atoms with Crippen LogP contribution in [0.25, 0.3) is 11.1 Å². The van der Waals surface area contributed by atoms with Crippen LogP contribution >= 0.6 is 0 Å². The predicted octanol–water partition coefficient (Wildman–Crippen LogP) is 3.37. The van der Waals surface area contributed by atoms with Gasteiger partial charge in [0.05, 0.1) is 6.54 Å². The maximum Gasteiger partial charge on any atom is 0.236 e. The summed E-state index contributed by atoms with van der Waals surface area (Å²) in [5.41, 5.74) is 4.24. The molecule has 1 amide bonds. The normalized spacial score (nSPS) is 20.3. The maximum atomic E-state index is 12.8. The molecule has 6 nitrogen and oxygen atoms in total. The van der Waals surface area contributed by atoms with E-state index in [1.807, 2.05) is 24.3 Å². The van der Waals surface area contributed by atoms with Gasteiger partial charge in [0, 0.05) is 69.7 Å². The lowest BCUT2D eigenvalue weighted by atomic mass is 9.91. The van der Waals surface area contributed by atoms with Gasteiger partial charge >= 0.3 is 0 Å². The fourth-order valence-corrected chi connectivity index (χ4v) is 5.31. The van der Waals surface area contributed by atoms with Crippen molar-refractivity contribution in [1.82, 2.24) is 14.7 Å². The Morgan fingerprint density at radius 3 is 1.88 bits per heavy atom. The highest BCUT2D eigenvalue weighted by Crippen LogP contribution is 2.26. The highest BCUT2D eigenvalue weighted by Gasteiger charge is 2.30. The molecule has 0 N–H and O–H groups in total. The van der Waals surface area contributed by atoms with Gasteiger partial charge in [-0.1, -0.05) is 42.8 Å². The van der Waals surface area contributed by atoms with Gasteiger partial charge in [0.15, 0.2) is 5.78 Å². The summed E-state index contributed by atoms with van der Waals surface area (Å²) in [7, 11) is 0. The molecule has 0 atom stereocenters. The number of piperazine rings is 2. The first kappa shape index (κ1) is 23.1. The van der Waals surface area contributed by atoms with Gasteiger partial charge in [0.1, 0.15) is 0 Å². The van der Waals surface area contributed by atoms with Gasteiger partial charge in [-0.15, -0.1) is 0 Å². The van der Waals surface area contributed by atoms with Crippen LogP contribution in [0, 0.1) is 0 Å². The van der Waals surface area contributed by atoms with Gasteiger partial charge in [0.2, 0.25) is 5.91 Å². The number of rotatable bonds is 6. The summed E-state index contributed by atoms with van der Waals surface area (Å²) in [4.78, 5) is 33.7. The largest absolute Gasteiger partial charge is 0.369 e. The van der Waals surface area contributed by atoms with Crippen molar-refractivity contribution in [2.24, 2.45) is 0 Å². The number of carbonyl (C=O) groups is 2. The van der Waals surface area contributed by atoms with Crippen LogP contribution in [0.1, 0.15) is 36.5 Å². The van der Waals surface area contributed by atoms with Gasteiger partial charge in [-0.2, -0.15) is 0 Å². The number of hydrogen-bond donors (Lipinski definition) is 0. The van der Waals surface area contributed by atoms with Crippen LogP contribution in [0.4, 0.5) is 5.69 Å². The van der Waals surface area contributed by atoms with E-state index in [2.05, 4.69) is 43.9 Å². The third kappa shape index (κ3) is 5.18. The molecule has 2 heterocycles. The summed E-state index contributed by atoms with van der Waals surface area (Å²) in [6.07, 6.45) is 4.06. The fraction of sp³-hybridized carbons (Fsp3) is 0.500. The van der Waals surface area contributed by atoms with Crippen LogP contribution in [0.2, 0.25) is 0 Å². The lowest BCUT2D eigenvalue weighted by molar-refractivity contribution is -0.134. The van der Waals surface area contributed by atoms with Crippen LogP contribution in [-0.4, -0.2) is 91.3 Å². The Hall–Kier alpha value is -2.70. The highest BCUT2D eigenvalue weighted by atomic mass is 16.2. The molecule has 1 aliphatic carbocycles. The van der Waals surface area contributed by atoms with Gasteiger partial charge in [-0.3, -0.25) is 19.4 Å². The lowest BCUT2D eigenvalue weighted by Crippen LogP contribution is -2.56. The van der Waals surface area contributed by atoms with Crippen molar-refractivity contribution in [3.05, 3.63) is 54.1 Å². The Balaban J connectivity index is 1.08. The van der Waals surface area contributed by atoms with E-state index >= 15 is 0 Å².